The van der Waals surface area contributed by atoms with Gasteiger partial charge in [-0.05, 0) is 28.1 Å². The zero-order valence-electron chi connectivity index (χ0n) is 7.93. The first kappa shape index (κ1) is 12.8. The fraction of sp³-hybridized carbons (Fsp3) is 0.222. The van der Waals surface area contributed by atoms with Crippen molar-refractivity contribution in [3.63, 3.8) is 0 Å². The van der Waals surface area contributed by atoms with E-state index in [4.69, 9.17) is 22.1 Å². The molecule has 1 aromatic carbocycles. The van der Waals surface area contributed by atoms with E-state index in [0.717, 1.165) is 8.95 Å². The second-order valence-electron chi connectivity index (χ2n) is 2.68. The Morgan fingerprint density at radius 1 is 1.53 bits per heavy atom. The molecule has 0 aliphatic carbocycles. The molecule has 0 atom stereocenters. The van der Waals surface area contributed by atoms with E-state index in [0.29, 0.717) is 17.3 Å². The quantitative estimate of drug-likeness (QED) is 0.512. The van der Waals surface area contributed by atoms with Crippen LogP contribution in [0.4, 0.5) is 5.69 Å². The molecule has 0 aliphatic heterocycles. The van der Waals surface area contributed by atoms with Crippen LogP contribution in [0.1, 0.15) is 0 Å². The van der Waals surface area contributed by atoms with Gasteiger partial charge in [-0.15, -0.1) is 11.6 Å². The standard InChI is InChI=1S/C9H9Br2ClN2O/c1-15-7-3-5(10)2-6(11)9(7)14-8(13)4-12/h2-3H,4H2,1H3,(H2,13,14). The van der Waals surface area contributed by atoms with E-state index in [1.807, 2.05) is 12.1 Å². The van der Waals surface area contributed by atoms with Gasteiger partial charge in [0.1, 0.15) is 17.3 Å². The third-order valence-electron chi connectivity index (χ3n) is 1.61. The number of methoxy groups -OCH3 is 1. The molecule has 0 aromatic heterocycles. The monoisotopic (exact) mass is 354 g/mol. The van der Waals surface area contributed by atoms with Gasteiger partial charge in [0.2, 0.25) is 0 Å². The number of hydrogen-bond donors (Lipinski definition) is 1. The first-order valence-corrected chi connectivity index (χ1v) is 6.12. The van der Waals surface area contributed by atoms with Crippen LogP contribution in [0, 0.1) is 0 Å². The van der Waals surface area contributed by atoms with Crippen LogP contribution in [-0.2, 0) is 0 Å². The van der Waals surface area contributed by atoms with Crippen molar-refractivity contribution in [1.29, 1.82) is 0 Å². The van der Waals surface area contributed by atoms with Gasteiger partial charge >= 0.3 is 0 Å². The molecule has 0 amide bonds. The Morgan fingerprint density at radius 3 is 2.73 bits per heavy atom. The van der Waals surface area contributed by atoms with E-state index < -0.39 is 0 Å². The smallest absolute Gasteiger partial charge is 0.146 e. The van der Waals surface area contributed by atoms with Crippen LogP contribution < -0.4 is 10.5 Å². The van der Waals surface area contributed by atoms with E-state index in [1.54, 1.807) is 7.11 Å². The highest BCUT2D eigenvalue weighted by atomic mass is 79.9. The predicted octanol–water partition coefficient (Wildman–Crippen LogP) is 3.45. The molecule has 6 heteroatoms. The predicted molar refractivity (Wildman–Crippen MR) is 70.4 cm³/mol. The fourth-order valence-corrected chi connectivity index (χ4v) is 2.31. The number of benzene rings is 1. The van der Waals surface area contributed by atoms with Gasteiger partial charge in [-0.3, -0.25) is 0 Å². The molecular weight excluding hydrogens is 347 g/mol. The van der Waals surface area contributed by atoms with Crippen molar-refractivity contribution >= 4 is 55.0 Å². The molecule has 1 aromatic rings. The van der Waals surface area contributed by atoms with Crippen molar-refractivity contribution in [2.75, 3.05) is 13.0 Å². The maximum absolute atomic E-state index is 5.57. The van der Waals surface area contributed by atoms with Gasteiger partial charge in [0, 0.05) is 8.95 Å². The number of halogens is 3. The van der Waals surface area contributed by atoms with Crippen LogP contribution in [-0.4, -0.2) is 18.8 Å². The average Bonchev–Trinajstić information content (AvgIpc) is 2.21. The van der Waals surface area contributed by atoms with Crippen molar-refractivity contribution in [1.82, 2.24) is 0 Å². The molecule has 0 bridgehead atoms. The maximum atomic E-state index is 5.57. The van der Waals surface area contributed by atoms with Crippen molar-refractivity contribution in [3.05, 3.63) is 21.1 Å². The van der Waals surface area contributed by atoms with Gasteiger partial charge in [-0.25, -0.2) is 4.99 Å². The zero-order chi connectivity index (χ0) is 11.4. The molecule has 0 spiro atoms. The van der Waals surface area contributed by atoms with Crippen molar-refractivity contribution in [2.45, 2.75) is 0 Å². The lowest BCUT2D eigenvalue weighted by molar-refractivity contribution is 0.415. The van der Waals surface area contributed by atoms with E-state index in [-0.39, 0.29) is 5.88 Å². The van der Waals surface area contributed by atoms with Crippen LogP contribution in [0.2, 0.25) is 0 Å². The first-order chi connectivity index (χ1) is 7.08. The highest BCUT2D eigenvalue weighted by Gasteiger charge is 2.08. The summed E-state index contributed by atoms with van der Waals surface area (Å²) >= 11 is 12.3. The largest absolute Gasteiger partial charge is 0.494 e. The lowest BCUT2D eigenvalue weighted by atomic mass is 10.3. The summed E-state index contributed by atoms with van der Waals surface area (Å²) in [7, 11) is 1.57. The lowest BCUT2D eigenvalue weighted by Gasteiger charge is -2.07. The van der Waals surface area contributed by atoms with Gasteiger partial charge in [-0.2, -0.15) is 0 Å². The molecule has 0 saturated heterocycles. The number of amidine groups is 1. The van der Waals surface area contributed by atoms with Crippen LogP contribution in [0.5, 0.6) is 5.75 Å². The second kappa shape index (κ2) is 5.72. The minimum Gasteiger partial charge on any atom is -0.494 e. The minimum atomic E-state index is 0.186. The Kier molecular flexibility index (Phi) is 4.89. The molecule has 0 heterocycles. The van der Waals surface area contributed by atoms with Crippen LogP contribution in [0.3, 0.4) is 0 Å². The fourth-order valence-electron chi connectivity index (χ4n) is 0.980. The van der Waals surface area contributed by atoms with Gasteiger partial charge in [0.15, 0.2) is 0 Å². The molecule has 1 rings (SSSR count). The summed E-state index contributed by atoms with van der Waals surface area (Å²) in [5.74, 6) is 1.16. The van der Waals surface area contributed by atoms with Gasteiger partial charge < -0.3 is 10.5 Å². The molecule has 0 aliphatic rings. The summed E-state index contributed by atoms with van der Waals surface area (Å²) in [5, 5.41) is 0. The summed E-state index contributed by atoms with van der Waals surface area (Å²) in [5.41, 5.74) is 6.20. The Balaban J connectivity index is 3.27. The first-order valence-electron chi connectivity index (χ1n) is 4.00. The number of ether oxygens (including phenoxy) is 1. The second-order valence-corrected chi connectivity index (χ2v) is 4.71. The maximum Gasteiger partial charge on any atom is 0.146 e. The SMILES string of the molecule is COc1cc(Br)cc(Br)c1N=C(N)CCl. The third kappa shape index (κ3) is 3.36. The number of nitrogens with zero attached hydrogens (tertiary/aromatic N) is 1. The Bertz CT molecular complexity index is 396. The summed E-state index contributed by atoms with van der Waals surface area (Å²) in [6.45, 7) is 0. The summed E-state index contributed by atoms with van der Waals surface area (Å²) in [4.78, 5) is 4.16. The molecule has 0 radical (unpaired) electrons. The van der Waals surface area contributed by atoms with Gasteiger partial charge in [0.25, 0.3) is 0 Å². The van der Waals surface area contributed by atoms with E-state index in [1.165, 1.54) is 0 Å². The zero-order valence-corrected chi connectivity index (χ0v) is 11.9. The van der Waals surface area contributed by atoms with E-state index >= 15 is 0 Å². The van der Waals surface area contributed by atoms with E-state index in [2.05, 4.69) is 36.9 Å². The molecule has 0 unspecified atom stereocenters. The summed E-state index contributed by atoms with van der Waals surface area (Å²) < 4.78 is 6.88. The molecule has 0 fully saturated rings. The van der Waals surface area contributed by atoms with Crippen molar-refractivity contribution in [2.24, 2.45) is 10.7 Å². The Hall–Kier alpha value is -0.260. The molecule has 3 nitrogen and oxygen atoms in total. The normalized spacial score (nSPS) is 11.6. The number of rotatable bonds is 3. The molecule has 2 N–H and O–H groups in total. The highest BCUT2D eigenvalue weighted by Crippen LogP contribution is 2.38. The lowest BCUT2D eigenvalue weighted by Crippen LogP contribution is -2.12. The van der Waals surface area contributed by atoms with Crippen molar-refractivity contribution in [3.8, 4) is 5.75 Å². The van der Waals surface area contributed by atoms with Crippen LogP contribution in [0.15, 0.2) is 26.1 Å². The number of nitrogens with two attached hydrogens (primary N) is 1. The number of hydrogen-bond acceptors (Lipinski definition) is 2. The third-order valence-corrected chi connectivity index (χ3v) is 2.94. The van der Waals surface area contributed by atoms with Crippen LogP contribution >= 0.6 is 43.5 Å². The minimum absolute atomic E-state index is 0.186. The average molecular weight is 356 g/mol. The number of aliphatic imine (C=N–C) groups is 1. The summed E-state index contributed by atoms with van der Waals surface area (Å²) in [6.07, 6.45) is 0. The van der Waals surface area contributed by atoms with E-state index in [9.17, 15) is 0 Å². The summed E-state index contributed by atoms with van der Waals surface area (Å²) in [6, 6.07) is 3.67. The highest BCUT2D eigenvalue weighted by molar-refractivity contribution is 9.11. The molecule has 0 saturated carbocycles. The molecule has 15 heavy (non-hydrogen) atoms. The molecular formula is C9H9Br2ClN2O. The van der Waals surface area contributed by atoms with Gasteiger partial charge in [-0.1, -0.05) is 15.9 Å². The van der Waals surface area contributed by atoms with Crippen LogP contribution in [0.25, 0.3) is 0 Å². The Labute approximate surface area is 110 Å². The van der Waals surface area contributed by atoms with Gasteiger partial charge in [0.05, 0.1) is 13.0 Å². The Morgan fingerprint density at radius 2 is 2.20 bits per heavy atom. The molecule has 82 valence electrons. The van der Waals surface area contributed by atoms with Crippen molar-refractivity contribution < 1.29 is 4.74 Å². The number of alkyl halides is 1. The topological polar surface area (TPSA) is 47.6 Å².